The van der Waals surface area contributed by atoms with Crippen molar-refractivity contribution in [2.75, 3.05) is 13.1 Å². The fourth-order valence-corrected chi connectivity index (χ4v) is 2.96. The smallest absolute Gasteiger partial charge is 0.399 e. The average Bonchev–Trinajstić information content (AvgIpc) is 2.96. The molecule has 2 heterocycles. The summed E-state index contributed by atoms with van der Waals surface area (Å²) >= 11 is 0. The Balaban J connectivity index is 1.87. The molecule has 142 valence electrons. The van der Waals surface area contributed by atoms with Gasteiger partial charge in [-0.25, -0.2) is 17.6 Å². The maximum absolute atomic E-state index is 14.5. The summed E-state index contributed by atoms with van der Waals surface area (Å²) < 4.78 is 66.9. The van der Waals surface area contributed by atoms with Crippen LogP contribution in [0.1, 0.15) is 44.5 Å². The topological polar surface area (TPSA) is 38.8 Å². The highest BCUT2D eigenvalue weighted by Crippen LogP contribution is 2.37. The normalized spacial score (nSPS) is 23.5. The lowest BCUT2D eigenvalue weighted by Gasteiger charge is -2.32. The minimum Gasteiger partial charge on any atom is -0.399 e. The van der Waals surface area contributed by atoms with Gasteiger partial charge in [0, 0.05) is 18.4 Å². The Morgan fingerprint density at radius 3 is 2.15 bits per heavy atom. The molecule has 0 saturated carbocycles. The van der Waals surface area contributed by atoms with Crippen LogP contribution < -0.4 is 5.46 Å². The summed E-state index contributed by atoms with van der Waals surface area (Å²) in [6.07, 6.45) is -0.491. The molecule has 1 aromatic carbocycles. The largest absolute Gasteiger partial charge is 0.497 e. The van der Waals surface area contributed by atoms with Crippen molar-refractivity contribution in [1.82, 2.24) is 4.90 Å². The molecule has 0 radical (unpaired) electrons. The van der Waals surface area contributed by atoms with E-state index in [0.29, 0.717) is 6.07 Å². The highest BCUT2D eigenvalue weighted by atomic mass is 19.3. The summed E-state index contributed by atoms with van der Waals surface area (Å²) in [7, 11) is -1.13. The SMILES string of the molecule is CC1(C)OB(c2cc(F)c(C(=O)N3CCC(F)(F)C3)cc2F)OC1(C)C. The van der Waals surface area contributed by atoms with Crippen molar-refractivity contribution in [3.05, 3.63) is 29.3 Å². The highest BCUT2D eigenvalue weighted by Gasteiger charge is 2.52. The zero-order valence-corrected chi connectivity index (χ0v) is 15.0. The standard InChI is InChI=1S/C17H20BF4NO3/c1-15(2)16(3,4)26-18(25-15)11-8-12(19)10(7-13(11)20)14(24)23-6-5-17(21,22)9-23/h7-8H,5-6,9H2,1-4H3. The Labute approximate surface area is 149 Å². The van der Waals surface area contributed by atoms with Gasteiger partial charge in [0.15, 0.2) is 0 Å². The number of benzene rings is 1. The van der Waals surface area contributed by atoms with Crippen LogP contribution in [0.15, 0.2) is 12.1 Å². The molecule has 0 spiro atoms. The van der Waals surface area contributed by atoms with E-state index in [1.807, 2.05) is 0 Å². The number of carbonyl (C=O) groups is 1. The molecule has 0 unspecified atom stereocenters. The van der Waals surface area contributed by atoms with Crippen molar-refractivity contribution in [2.24, 2.45) is 0 Å². The van der Waals surface area contributed by atoms with E-state index in [1.54, 1.807) is 27.7 Å². The van der Waals surface area contributed by atoms with Crippen LogP contribution in [-0.4, -0.2) is 48.1 Å². The number of halogens is 4. The zero-order valence-electron chi connectivity index (χ0n) is 15.0. The molecule has 2 fully saturated rings. The van der Waals surface area contributed by atoms with Gasteiger partial charge in [0.1, 0.15) is 11.6 Å². The summed E-state index contributed by atoms with van der Waals surface area (Å²) in [5.74, 6) is -5.86. The van der Waals surface area contributed by atoms with E-state index >= 15 is 0 Å². The summed E-state index contributed by atoms with van der Waals surface area (Å²) in [4.78, 5) is 13.1. The van der Waals surface area contributed by atoms with E-state index in [4.69, 9.17) is 9.31 Å². The van der Waals surface area contributed by atoms with Gasteiger partial charge in [0.25, 0.3) is 11.8 Å². The van der Waals surface area contributed by atoms with Crippen molar-refractivity contribution >= 4 is 18.5 Å². The molecule has 3 rings (SSSR count). The molecule has 9 heteroatoms. The number of nitrogens with zero attached hydrogens (tertiary/aromatic N) is 1. The third-order valence-electron chi connectivity index (χ3n) is 5.28. The van der Waals surface area contributed by atoms with Gasteiger partial charge in [-0.15, -0.1) is 0 Å². The predicted molar refractivity (Wildman–Crippen MR) is 87.5 cm³/mol. The first kappa shape index (κ1) is 19.2. The van der Waals surface area contributed by atoms with Gasteiger partial charge in [-0.2, -0.15) is 0 Å². The van der Waals surface area contributed by atoms with Gasteiger partial charge in [-0.3, -0.25) is 4.79 Å². The Morgan fingerprint density at radius 1 is 1.08 bits per heavy atom. The van der Waals surface area contributed by atoms with E-state index in [2.05, 4.69) is 0 Å². The van der Waals surface area contributed by atoms with Gasteiger partial charge in [-0.1, -0.05) is 0 Å². The van der Waals surface area contributed by atoms with Gasteiger partial charge in [0.05, 0.1) is 23.3 Å². The lowest BCUT2D eigenvalue weighted by atomic mass is 9.78. The number of rotatable bonds is 2. The van der Waals surface area contributed by atoms with Crippen molar-refractivity contribution in [2.45, 2.75) is 51.2 Å². The maximum atomic E-state index is 14.5. The summed E-state index contributed by atoms with van der Waals surface area (Å²) in [5.41, 5.74) is -2.24. The second-order valence-corrected chi connectivity index (χ2v) is 7.77. The minimum absolute atomic E-state index is 0.176. The van der Waals surface area contributed by atoms with Crippen molar-refractivity contribution in [3.8, 4) is 0 Å². The van der Waals surface area contributed by atoms with Crippen LogP contribution in [0, 0.1) is 11.6 Å². The van der Waals surface area contributed by atoms with E-state index < -0.39 is 60.3 Å². The van der Waals surface area contributed by atoms with E-state index in [0.717, 1.165) is 11.0 Å². The second kappa shape index (κ2) is 5.95. The molecular weight excluding hydrogens is 353 g/mol. The van der Waals surface area contributed by atoms with Gasteiger partial charge >= 0.3 is 7.12 Å². The lowest BCUT2D eigenvalue weighted by molar-refractivity contribution is 0.00578. The van der Waals surface area contributed by atoms with Crippen molar-refractivity contribution in [1.29, 1.82) is 0 Å². The Morgan fingerprint density at radius 2 is 1.65 bits per heavy atom. The molecule has 0 aliphatic carbocycles. The van der Waals surface area contributed by atoms with Gasteiger partial charge in [-0.05, 0) is 39.8 Å². The van der Waals surface area contributed by atoms with Crippen LogP contribution in [-0.2, 0) is 9.31 Å². The summed E-state index contributed by atoms with van der Waals surface area (Å²) in [6, 6.07) is 1.55. The molecule has 2 aliphatic heterocycles. The lowest BCUT2D eigenvalue weighted by Crippen LogP contribution is -2.41. The quantitative estimate of drug-likeness (QED) is 0.591. The summed E-state index contributed by atoms with van der Waals surface area (Å²) in [6.45, 7) is 6.08. The number of hydrogen-bond acceptors (Lipinski definition) is 3. The maximum Gasteiger partial charge on any atom is 0.497 e. The number of amides is 1. The van der Waals surface area contributed by atoms with Crippen LogP contribution in [0.2, 0.25) is 0 Å². The first-order valence-corrected chi connectivity index (χ1v) is 8.35. The minimum atomic E-state index is -3.01. The first-order chi connectivity index (χ1) is 11.8. The fraction of sp³-hybridized carbons (Fsp3) is 0.588. The molecule has 0 bridgehead atoms. The number of likely N-dealkylation sites (tertiary alicyclic amines) is 1. The Hall–Kier alpha value is -1.61. The number of carbonyl (C=O) groups excluding carboxylic acids is 1. The van der Waals surface area contributed by atoms with Crippen LogP contribution in [0.25, 0.3) is 0 Å². The summed E-state index contributed by atoms with van der Waals surface area (Å²) in [5, 5.41) is 0. The first-order valence-electron chi connectivity index (χ1n) is 8.35. The predicted octanol–water partition coefficient (Wildman–Crippen LogP) is 2.75. The zero-order chi connectivity index (χ0) is 19.5. The van der Waals surface area contributed by atoms with Gasteiger partial charge in [0.2, 0.25) is 0 Å². The average molecular weight is 373 g/mol. The molecule has 2 aliphatic rings. The third-order valence-corrected chi connectivity index (χ3v) is 5.28. The van der Waals surface area contributed by atoms with E-state index in [1.165, 1.54) is 0 Å². The molecular formula is C17H20BF4NO3. The van der Waals surface area contributed by atoms with Crippen LogP contribution in [0.4, 0.5) is 17.6 Å². The van der Waals surface area contributed by atoms with Gasteiger partial charge < -0.3 is 14.2 Å². The van der Waals surface area contributed by atoms with E-state index in [9.17, 15) is 22.4 Å². The second-order valence-electron chi connectivity index (χ2n) is 7.77. The van der Waals surface area contributed by atoms with Crippen molar-refractivity contribution < 1.29 is 31.7 Å². The molecule has 4 nitrogen and oxygen atoms in total. The Bertz CT molecular complexity index is 738. The van der Waals surface area contributed by atoms with Crippen LogP contribution in [0.3, 0.4) is 0 Å². The van der Waals surface area contributed by atoms with E-state index in [-0.39, 0.29) is 12.0 Å². The molecule has 0 atom stereocenters. The van der Waals surface area contributed by atoms with Crippen molar-refractivity contribution in [3.63, 3.8) is 0 Å². The monoisotopic (exact) mass is 373 g/mol. The van der Waals surface area contributed by atoms with Crippen LogP contribution in [0.5, 0.6) is 0 Å². The van der Waals surface area contributed by atoms with Crippen LogP contribution >= 0.6 is 0 Å². The fourth-order valence-electron chi connectivity index (χ4n) is 2.96. The molecule has 1 aromatic rings. The molecule has 0 N–H and O–H groups in total. The number of alkyl halides is 2. The third kappa shape index (κ3) is 3.22. The highest BCUT2D eigenvalue weighted by molar-refractivity contribution is 6.62. The molecule has 1 amide bonds. The Kier molecular flexibility index (Phi) is 4.39. The molecule has 2 saturated heterocycles. The molecule has 0 aromatic heterocycles. The molecule has 26 heavy (non-hydrogen) atoms. The number of hydrogen-bond donors (Lipinski definition) is 0.